The minimum absolute atomic E-state index is 0. The second-order valence-corrected chi connectivity index (χ2v) is 6.57. The maximum Gasteiger partial charge on any atom is 0.116 e. The van der Waals surface area contributed by atoms with E-state index in [1.807, 2.05) is 12.1 Å². The first-order valence-corrected chi connectivity index (χ1v) is 8.41. The normalized spacial score (nSPS) is 16.7. The molecule has 0 amide bonds. The van der Waals surface area contributed by atoms with Crippen LogP contribution in [-0.2, 0) is 12.8 Å². The van der Waals surface area contributed by atoms with Crippen LogP contribution in [0.5, 0.6) is 5.75 Å². The molecule has 1 atom stereocenters. The van der Waals surface area contributed by atoms with Crippen molar-refractivity contribution in [3.63, 3.8) is 0 Å². The Morgan fingerprint density at radius 1 is 1.04 bits per heavy atom. The SMILES string of the molecule is Cl.Oc1ccc2[nH]cc(CC3NCCc4c3[nH]c3ccccc43)c2c1. The summed E-state index contributed by atoms with van der Waals surface area (Å²) in [6.45, 7) is 0.993. The van der Waals surface area contributed by atoms with E-state index >= 15 is 0 Å². The van der Waals surface area contributed by atoms with Crippen LogP contribution >= 0.6 is 12.4 Å². The zero-order valence-corrected chi connectivity index (χ0v) is 14.5. The monoisotopic (exact) mass is 353 g/mol. The number of phenolic OH excluding ortho intramolecular Hbond substituents is 1. The van der Waals surface area contributed by atoms with Gasteiger partial charge < -0.3 is 20.4 Å². The Labute approximate surface area is 151 Å². The van der Waals surface area contributed by atoms with Crippen LogP contribution in [0.15, 0.2) is 48.7 Å². The summed E-state index contributed by atoms with van der Waals surface area (Å²) in [6, 6.07) is 14.3. The second-order valence-electron chi connectivity index (χ2n) is 6.57. The Hall–Kier alpha value is -2.43. The summed E-state index contributed by atoms with van der Waals surface area (Å²) >= 11 is 0. The van der Waals surface area contributed by atoms with Gasteiger partial charge in [0, 0.05) is 33.7 Å². The van der Waals surface area contributed by atoms with Gasteiger partial charge in [0.25, 0.3) is 0 Å². The van der Waals surface area contributed by atoms with Gasteiger partial charge in [-0.25, -0.2) is 0 Å². The lowest BCUT2D eigenvalue weighted by atomic mass is 9.94. The van der Waals surface area contributed by atoms with E-state index in [1.54, 1.807) is 6.07 Å². The van der Waals surface area contributed by atoms with Crippen LogP contribution in [-0.4, -0.2) is 21.6 Å². The summed E-state index contributed by atoms with van der Waals surface area (Å²) in [5.74, 6) is 0.311. The number of phenols is 1. The lowest BCUT2D eigenvalue weighted by Crippen LogP contribution is -2.31. The van der Waals surface area contributed by atoms with Gasteiger partial charge in [0.2, 0.25) is 0 Å². The Morgan fingerprint density at radius 3 is 2.84 bits per heavy atom. The fourth-order valence-corrected chi connectivity index (χ4v) is 3.99. The molecule has 5 rings (SSSR count). The molecular formula is C20H20ClN3O. The van der Waals surface area contributed by atoms with Crippen molar-refractivity contribution < 1.29 is 5.11 Å². The first-order valence-electron chi connectivity index (χ1n) is 8.41. The van der Waals surface area contributed by atoms with Crippen LogP contribution in [0.2, 0.25) is 0 Å². The molecule has 4 nitrogen and oxygen atoms in total. The number of rotatable bonds is 2. The van der Waals surface area contributed by atoms with Gasteiger partial charge in [0.05, 0.1) is 6.04 Å². The van der Waals surface area contributed by atoms with E-state index < -0.39 is 0 Å². The predicted molar refractivity (Wildman–Crippen MR) is 104 cm³/mol. The molecular weight excluding hydrogens is 334 g/mol. The van der Waals surface area contributed by atoms with E-state index in [-0.39, 0.29) is 18.4 Å². The molecule has 3 heterocycles. The van der Waals surface area contributed by atoms with Crippen LogP contribution < -0.4 is 5.32 Å². The van der Waals surface area contributed by atoms with Gasteiger partial charge in [-0.05, 0) is 54.8 Å². The molecule has 1 aliphatic rings. The number of aromatic hydroxyl groups is 1. The van der Waals surface area contributed by atoms with Crippen molar-refractivity contribution in [1.29, 1.82) is 0 Å². The molecule has 1 aliphatic heterocycles. The zero-order chi connectivity index (χ0) is 16.1. The largest absolute Gasteiger partial charge is 0.508 e. The molecule has 1 unspecified atom stereocenters. The van der Waals surface area contributed by atoms with Gasteiger partial charge in [-0.15, -0.1) is 12.4 Å². The highest BCUT2D eigenvalue weighted by molar-refractivity contribution is 5.86. The summed E-state index contributed by atoms with van der Waals surface area (Å²) in [5, 5.41) is 15.9. The predicted octanol–water partition coefficient (Wildman–Crippen LogP) is 4.21. The number of aromatic nitrogens is 2. The lowest BCUT2D eigenvalue weighted by Gasteiger charge is -2.24. The number of para-hydroxylation sites is 1. The summed E-state index contributed by atoms with van der Waals surface area (Å²) < 4.78 is 0. The average molecular weight is 354 g/mol. The fourth-order valence-electron chi connectivity index (χ4n) is 3.99. The van der Waals surface area contributed by atoms with E-state index in [1.165, 1.54) is 27.7 Å². The van der Waals surface area contributed by atoms with E-state index in [2.05, 4.69) is 45.7 Å². The molecule has 2 aromatic heterocycles. The minimum Gasteiger partial charge on any atom is -0.508 e. The van der Waals surface area contributed by atoms with Crippen LogP contribution in [0.3, 0.4) is 0 Å². The molecule has 0 saturated heterocycles. The topological polar surface area (TPSA) is 63.8 Å². The Balaban J connectivity index is 0.00000157. The molecule has 4 N–H and O–H groups in total. The summed E-state index contributed by atoms with van der Waals surface area (Å²) in [7, 11) is 0. The van der Waals surface area contributed by atoms with Gasteiger partial charge in [-0.2, -0.15) is 0 Å². The van der Waals surface area contributed by atoms with Gasteiger partial charge in [-0.1, -0.05) is 18.2 Å². The maximum atomic E-state index is 9.80. The molecule has 25 heavy (non-hydrogen) atoms. The van der Waals surface area contributed by atoms with Gasteiger partial charge in [-0.3, -0.25) is 0 Å². The minimum atomic E-state index is 0. The number of benzene rings is 2. The molecule has 128 valence electrons. The Bertz CT molecular complexity index is 1050. The van der Waals surface area contributed by atoms with E-state index in [0.717, 1.165) is 30.3 Å². The lowest BCUT2D eigenvalue weighted by molar-refractivity contribution is 0.476. The first-order chi connectivity index (χ1) is 11.8. The van der Waals surface area contributed by atoms with Crippen molar-refractivity contribution in [3.8, 4) is 5.75 Å². The maximum absolute atomic E-state index is 9.80. The van der Waals surface area contributed by atoms with Crippen molar-refractivity contribution in [3.05, 3.63) is 65.5 Å². The van der Waals surface area contributed by atoms with E-state index in [9.17, 15) is 5.11 Å². The van der Waals surface area contributed by atoms with Crippen LogP contribution in [0, 0.1) is 0 Å². The Morgan fingerprint density at radius 2 is 1.92 bits per heavy atom. The van der Waals surface area contributed by atoms with Crippen molar-refractivity contribution >= 4 is 34.2 Å². The number of aromatic amines is 2. The second kappa shape index (κ2) is 6.14. The summed E-state index contributed by atoms with van der Waals surface area (Å²) in [4.78, 5) is 6.92. The van der Waals surface area contributed by atoms with E-state index in [0.29, 0.717) is 5.75 Å². The number of hydrogen-bond donors (Lipinski definition) is 4. The molecule has 0 aliphatic carbocycles. The smallest absolute Gasteiger partial charge is 0.116 e. The number of H-pyrrole nitrogens is 2. The van der Waals surface area contributed by atoms with Gasteiger partial charge in [0.15, 0.2) is 0 Å². The third kappa shape index (κ3) is 2.58. The summed E-state index contributed by atoms with van der Waals surface area (Å²) in [5.41, 5.74) is 6.25. The van der Waals surface area contributed by atoms with Gasteiger partial charge >= 0.3 is 0 Å². The van der Waals surface area contributed by atoms with Crippen LogP contribution in [0.25, 0.3) is 21.8 Å². The van der Waals surface area contributed by atoms with E-state index in [4.69, 9.17) is 0 Å². The number of halogens is 1. The quantitative estimate of drug-likeness (QED) is 0.436. The summed E-state index contributed by atoms with van der Waals surface area (Å²) in [6.07, 6.45) is 4.01. The molecule has 0 bridgehead atoms. The third-order valence-electron chi connectivity index (χ3n) is 5.14. The molecule has 5 heteroatoms. The number of hydrogen-bond acceptors (Lipinski definition) is 2. The molecule has 2 aromatic carbocycles. The molecule has 0 saturated carbocycles. The highest BCUT2D eigenvalue weighted by Crippen LogP contribution is 2.33. The van der Waals surface area contributed by atoms with Crippen molar-refractivity contribution in [2.75, 3.05) is 6.54 Å². The van der Waals surface area contributed by atoms with Crippen molar-refractivity contribution in [1.82, 2.24) is 15.3 Å². The Kier molecular flexibility index (Phi) is 3.94. The molecule has 0 radical (unpaired) electrons. The number of nitrogens with one attached hydrogen (secondary N) is 3. The highest BCUT2D eigenvalue weighted by Gasteiger charge is 2.24. The fraction of sp³-hybridized carbons (Fsp3) is 0.200. The van der Waals surface area contributed by atoms with Crippen molar-refractivity contribution in [2.24, 2.45) is 0 Å². The average Bonchev–Trinajstić information content (AvgIpc) is 3.17. The van der Waals surface area contributed by atoms with Gasteiger partial charge in [0.1, 0.15) is 5.75 Å². The first kappa shape index (κ1) is 16.1. The third-order valence-corrected chi connectivity index (χ3v) is 5.14. The zero-order valence-electron chi connectivity index (χ0n) is 13.7. The van der Waals surface area contributed by atoms with Crippen LogP contribution in [0.1, 0.15) is 22.9 Å². The molecule has 0 spiro atoms. The standard InChI is InChI=1S/C20H19N3O.ClH/c24-13-5-6-17-16(10-13)12(11-22-17)9-19-20-15(7-8-21-19)14-3-1-2-4-18(14)23-20;/h1-6,10-11,19,21-24H,7-9H2;1H. The van der Waals surface area contributed by atoms with Crippen LogP contribution in [0.4, 0.5) is 0 Å². The number of fused-ring (bicyclic) bond motifs is 4. The van der Waals surface area contributed by atoms with Crippen molar-refractivity contribution in [2.45, 2.75) is 18.9 Å². The molecule has 4 aromatic rings. The molecule has 0 fully saturated rings. The highest BCUT2D eigenvalue weighted by atomic mass is 35.5.